The minimum absolute atomic E-state index is 0.132. The maximum Gasteiger partial charge on any atom is 0.253 e. The minimum Gasteiger partial charge on any atom is -0.387 e. The van der Waals surface area contributed by atoms with E-state index in [1.807, 2.05) is 60.0 Å². The molecule has 3 aromatic rings. The number of anilines is 1. The van der Waals surface area contributed by atoms with E-state index >= 15 is 0 Å². The van der Waals surface area contributed by atoms with Gasteiger partial charge in [0, 0.05) is 16.3 Å². The fourth-order valence-corrected chi connectivity index (χ4v) is 5.07. The predicted octanol–water partition coefficient (Wildman–Crippen LogP) is 4.42. The monoisotopic (exact) mass is 422 g/mol. The molecule has 0 aliphatic heterocycles. The molecule has 1 saturated carbocycles. The first kappa shape index (κ1) is 20.6. The number of thiophene rings is 1. The Morgan fingerprint density at radius 1 is 1.03 bits per heavy atom. The Morgan fingerprint density at radius 3 is 2.53 bits per heavy atom. The number of nitrogens with one attached hydrogen (secondary N) is 1. The van der Waals surface area contributed by atoms with E-state index in [2.05, 4.69) is 5.32 Å². The molecular formula is C24H26N2O3S. The van der Waals surface area contributed by atoms with Crippen LogP contribution in [0.5, 0.6) is 0 Å². The van der Waals surface area contributed by atoms with Crippen molar-refractivity contribution >= 4 is 39.6 Å². The number of nitrogens with zero attached hydrogens (tertiary/aromatic N) is 1. The first-order chi connectivity index (χ1) is 14.7. The summed E-state index contributed by atoms with van der Waals surface area (Å²) < 4.78 is 0. The van der Waals surface area contributed by atoms with Crippen molar-refractivity contribution in [1.82, 2.24) is 5.32 Å². The molecule has 1 heterocycles. The molecule has 2 N–H and O–H groups in total. The Bertz CT molecular complexity index is 1010. The van der Waals surface area contributed by atoms with Crippen molar-refractivity contribution in [3.8, 4) is 0 Å². The van der Waals surface area contributed by atoms with Crippen molar-refractivity contribution in [2.24, 2.45) is 0 Å². The van der Waals surface area contributed by atoms with Crippen molar-refractivity contribution in [2.45, 2.75) is 44.2 Å². The number of carbonyl (C=O) groups is 2. The Hall–Kier alpha value is -2.70. The Kier molecular flexibility index (Phi) is 6.45. The molecular weight excluding hydrogens is 396 g/mol. The van der Waals surface area contributed by atoms with E-state index in [-0.39, 0.29) is 11.9 Å². The molecule has 0 radical (unpaired) electrons. The zero-order chi connectivity index (χ0) is 20.9. The third kappa shape index (κ3) is 4.25. The van der Waals surface area contributed by atoms with Gasteiger partial charge < -0.3 is 10.4 Å². The van der Waals surface area contributed by atoms with Crippen LogP contribution < -0.4 is 10.2 Å². The second-order valence-corrected chi connectivity index (χ2v) is 8.66. The van der Waals surface area contributed by atoms with Crippen LogP contribution in [-0.2, 0) is 9.59 Å². The lowest BCUT2D eigenvalue weighted by atomic mass is 9.95. The molecule has 2 amide bonds. The standard InChI is InChI=1S/C24H26N2O3S/c27-16-22(28)26(20-13-6-9-17-8-4-5-12-19(17)20)23(21-14-7-15-30-21)24(29)25-18-10-2-1-3-11-18/h4-9,12-15,18,23,27H,1-3,10-11,16H2,(H,25,29). The summed E-state index contributed by atoms with van der Waals surface area (Å²) in [7, 11) is 0. The number of amides is 2. The first-order valence-corrected chi connectivity index (χ1v) is 11.3. The zero-order valence-electron chi connectivity index (χ0n) is 16.8. The van der Waals surface area contributed by atoms with Crippen molar-refractivity contribution in [1.29, 1.82) is 0 Å². The predicted molar refractivity (Wildman–Crippen MR) is 121 cm³/mol. The van der Waals surface area contributed by atoms with Crippen LogP contribution in [-0.4, -0.2) is 29.6 Å². The third-order valence-corrected chi connectivity index (χ3v) is 6.63. The van der Waals surface area contributed by atoms with Crippen LogP contribution in [0.4, 0.5) is 5.69 Å². The third-order valence-electron chi connectivity index (χ3n) is 5.70. The van der Waals surface area contributed by atoms with Gasteiger partial charge in [-0.15, -0.1) is 11.3 Å². The quantitative estimate of drug-likeness (QED) is 0.618. The number of aliphatic hydroxyl groups excluding tert-OH is 1. The highest BCUT2D eigenvalue weighted by atomic mass is 32.1. The molecule has 1 aromatic heterocycles. The lowest BCUT2D eigenvalue weighted by Crippen LogP contribution is -2.47. The summed E-state index contributed by atoms with van der Waals surface area (Å²) in [6, 6.07) is 16.5. The number of rotatable bonds is 6. The van der Waals surface area contributed by atoms with Crippen LogP contribution >= 0.6 is 11.3 Å². The van der Waals surface area contributed by atoms with Gasteiger partial charge in [-0.3, -0.25) is 14.5 Å². The van der Waals surface area contributed by atoms with Gasteiger partial charge in [0.1, 0.15) is 12.6 Å². The molecule has 1 atom stereocenters. The molecule has 1 aliphatic carbocycles. The molecule has 2 aromatic carbocycles. The molecule has 1 fully saturated rings. The van der Waals surface area contributed by atoms with Crippen LogP contribution in [0.2, 0.25) is 0 Å². The largest absolute Gasteiger partial charge is 0.387 e. The van der Waals surface area contributed by atoms with Crippen LogP contribution in [0, 0.1) is 0 Å². The number of aliphatic hydroxyl groups is 1. The van der Waals surface area contributed by atoms with Crippen molar-refractivity contribution in [2.75, 3.05) is 11.5 Å². The topological polar surface area (TPSA) is 69.6 Å². The Balaban J connectivity index is 1.78. The smallest absolute Gasteiger partial charge is 0.253 e. The van der Waals surface area contributed by atoms with Crippen molar-refractivity contribution in [3.63, 3.8) is 0 Å². The maximum atomic E-state index is 13.5. The van der Waals surface area contributed by atoms with Gasteiger partial charge in [-0.2, -0.15) is 0 Å². The highest BCUT2D eigenvalue weighted by Gasteiger charge is 2.35. The molecule has 5 nitrogen and oxygen atoms in total. The van der Waals surface area contributed by atoms with E-state index in [1.54, 1.807) is 0 Å². The molecule has 0 bridgehead atoms. The molecule has 0 spiro atoms. The Labute approximate surface area is 180 Å². The SMILES string of the molecule is O=C(NC1CCCCC1)C(c1cccs1)N(C(=O)CO)c1cccc2ccccc12. The van der Waals surface area contributed by atoms with Crippen LogP contribution in [0.3, 0.4) is 0 Å². The first-order valence-electron chi connectivity index (χ1n) is 10.4. The van der Waals surface area contributed by atoms with E-state index < -0.39 is 18.6 Å². The van der Waals surface area contributed by atoms with E-state index in [1.165, 1.54) is 22.7 Å². The normalized spacial score (nSPS) is 15.6. The highest BCUT2D eigenvalue weighted by molar-refractivity contribution is 7.10. The number of benzene rings is 2. The highest BCUT2D eigenvalue weighted by Crippen LogP contribution is 2.35. The summed E-state index contributed by atoms with van der Waals surface area (Å²) in [6.07, 6.45) is 5.34. The van der Waals surface area contributed by atoms with Gasteiger partial charge in [0.25, 0.3) is 5.91 Å². The lowest BCUT2D eigenvalue weighted by molar-refractivity contribution is -0.128. The van der Waals surface area contributed by atoms with Crippen LogP contribution in [0.25, 0.3) is 10.8 Å². The maximum absolute atomic E-state index is 13.5. The van der Waals surface area contributed by atoms with Gasteiger partial charge in [-0.25, -0.2) is 0 Å². The number of fused-ring (bicyclic) bond motifs is 1. The summed E-state index contributed by atoms with van der Waals surface area (Å²) in [5, 5.41) is 16.7. The van der Waals surface area contributed by atoms with Gasteiger partial charge >= 0.3 is 0 Å². The van der Waals surface area contributed by atoms with E-state index in [0.717, 1.165) is 41.3 Å². The van der Waals surface area contributed by atoms with Gasteiger partial charge in [-0.05, 0) is 35.7 Å². The molecule has 4 rings (SSSR count). The van der Waals surface area contributed by atoms with Crippen molar-refractivity contribution < 1.29 is 14.7 Å². The second kappa shape index (κ2) is 9.41. The molecule has 30 heavy (non-hydrogen) atoms. The molecule has 1 unspecified atom stereocenters. The molecule has 1 aliphatic rings. The Morgan fingerprint density at radius 2 is 1.80 bits per heavy atom. The van der Waals surface area contributed by atoms with Crippen LogP contribution in [0.15, 0.2) is 60.0 Å². The molecule has 6 heteroatoms. The molecule has 156 valence electrons. The van der Waals surface area contributed by atoms with Crippen molar-refractivity contribution in [3.05, 3.63) is 64.9 Å². The fraction of sp³-hybridized carbons (Fsp3) is 0.333. The van der Waals surface area contributed by atoms with E-state index in [9.17, 15) is 14.7 Å². The van der Waals surface area contributed by atoms with Gasteiger partial charge in [-0.1, -0.05) is 61.7 Å². The lowest BCUT2D eigenvalue weighted by Gasteiger charge is -2.33. The average Bonchev–Trinajstić information content (AvgIpc) is 3.31. The van der Waals surface area contributed by atoms with Crippen LogP contribution in [0.1, 0.15) is 43.0 Å². The summed E-state index contributed by atoms with van der Waals surface area (Å²) in [6.45, 7) is -0.665. The second-order valence-electron chi connectivity index (χ2n) is 7.68. The number of carbonyl (C=O) groups excluding carboxylic acids is 2. The number of hydrogen-bond donors (Lipinski definition) is 2. The summed E-state index contributed by atoms with van der Waals surface area (Å²) >= 11 is 1.44. The number of hydrogen-bond acceptors (Lipinski definition) is 4. The van der Waals surface area contributed by atoms with Gasteiger partial charge in [0.2, 0.25) is 5.91 Å². The van der Waals surface area contributed by atoms with E-state index in [4.69, 9.17) is 0 Å². The zero-order valence-corrected chi connectivity index (χ0v) is 17.6. The average molecular weight is 423 g/mol. The van der Waals surface area contributed by atoms with E-state index in [0.29, 0.717) is 5.69 Å². The fourth-order valence-electron chi connectivity index (χ4n) is 4.26. The van der Waals surface area contributed by atoms with Gasteiger partial charge in [0.15, 0.2) is 0 Å². The summed E-state index contributed by atoms with van der Waals surface area (Å²) in [5.41, 5.74) is 0.629. The van der Waals surface area contributed by atoms with Gasteiger partial charge in [0.05, 0.1) is 5.69 Å². The summed E-state index contributed by atoms with van der Waals surface area (Å²) in [4.78, 5) is 28.7. The minimum atomic E-state index is -0.822. The summed E-state index contributed by atoms with van der Waals surface area (Å²) in [5.74, 6) is -0.692. The molecule has 0 saturated heterocycles.